The van der Waals surface area contributed by atoms with Gasteiger partial charge in [0.15, 0.2) is 0 Å². The van der Waals surface area contributed by atoms with Gasteiger partial charge in [-0.05, 0) is 44.9 Å². The van der Waals surface area contributed by atoms with Gasteiger partial charge in [0.2, 0.25) is 0 Å². The first-order chi connectivity index (χ1) is 9.16. The van der Waals surface area contributed by atoms with Crippen LogP contribution in [0.4, 0.5) is 0 Å². The van der Waals surface area contributed by atoms with Crippen LogP contribution in [0.2, 0.25) is 0 Å². The molecule has 1 aromatic heterocycles. The Morgan fingerprint density at radius 2 is 2.32 bits per heavy atom. The van der Waals surface area contributed by atoms with E-state index in [1.54, 1.807) is 6.26 Å². The van der Waals surface area contributed by atoms with Crippen LogP contribution < -0.4 is 5.32 Å². The van der Waals surface area contributed by atoms with Crippen LogP contribution >= 0.6 is 0 Å². The molecule has 0 saturated heterocycles. The molecule has 0 bridgehead atoms. The fourth-order valence-electron chi connectivity index (χ4n) is 3.08. The normalized spacial score (nSPS) is 25.7. The molecule has 3 nitrogen and oxygen atoms in total. The molecule has 0 radical (unpaired) electrons. The fourth-order valence-corrected chi connectivity index (χ4v) is 3.08. The van der Waals surface area contributed by atoms with Gasteiger partial charge >= 0.3 is 0 Å². The average molecular weight is 264 g/mol. The summed E-state index contributed by atoms with van der Waals surface area (Å²) in [4.78, 5) is 2.53. The lowest BCUT2D eigenvalue weighted by molar-refractivity contribution is 0.163. The molecule has 1 aliphatic rings. The van der Waals surface area contributed by atoms with E-state index in [-0.39, 0.29) is 0 Å². The fraction of sp³-hybridized carbons (Fsp3) is 0.750. The molecule has 1 saturated carbocycles. The molecule has 1 fully saturated rings. The lowest BCUT2D eigenvalue weighted by Gasteiger charge is -2.34. The topological polar surface area (TPSA) is 28.4 Å². The third kappa shape index (κ3) is 4.36. The molecule has 1 N–H and O–H groups in total. The summed E-state index contributed by atoms with van der Waals surface area (Å²) in [7, 11) is 2.27. The second-order valence-electron chi connectivity index (χ2n) is 6.10. The van der Waals surface area contributed by atoms with Crippen LogP contribution in [-0.2, 0) is 0 Å². The zero-order valence-electron chi connectivity index (χ0n) is 12.6. The number of nitrogens with one attached hydrogen (secondary N) is 1. The predicted molar refractivity (Wildman–Crippen MR) is 79.2 cm³/mol. The molecule has 2 rings (SSSR count). The Balaban J connectivity index is 1.67. The largest absolute Gasteiger partial charge is 0.468 e. The minimum Gasteiger partial charge on any atom is -0.468 e. The summed E-state index contributed by atoms with van der Waals surface area (Å²) in [6, 6.07) is 5.06. The Morgan fingerprint density at radius 1 is 1.47 bits per heavy atom. The highest BCUT2D eigenvalue weighted by atomic mass is 16.3. The van der Waals surface area contributed by atoms with Crippen molar-refractivity contribution in [1.82, 2.24) is 10.2 Å². The molecular weight excluding hydrogens is 236 g/mol. The molecule has 3 unspecified atom stereocenters. The van der Waals surface area contributed by atoms with E-state index in [9.17, 15) is 0 Å². The quantitative estimate of drug-likeness (QED) is 0.853. The summed E-state index contributed by atoms with van der Waals surface area (Å²) in [6.45, 7) is 6.67. The van der Waals surface area contributed by atoms with Gasteiger partial charge in [-0.15, -0.1) is 0 Å². The van der Waals surface area contributed by atoms with Crippen LogP contribution in [0.3, 0.4) is 0 Å². The summed E-state index contributed by atoms with van der Waals surface area (Å²) in [5.74, 6) is 1.92. The van der Waals surface area contributed by atoms with E-state index < -0.39 is 0 Å². The second kappa shape index (κ2) is 7.11. The smallest absolute Gasteiger partial charge is 0.120 e. The van der Waals surface area contributed by atoms with Crippen molar-refractivity contribution in [1.29, 1.82) is 0 Å². The molecule has 1 aromatic rings. The first-order valence-corrected chi connectivity index (χ1v) is 7.64. The molecule has 108 valence electrons. The SMILES string of the molecule is CC1CCCC(N(C)CCNC(C)c2ccco2)C1. The summed E-state index contributed by atoms with van der Waals surface area (Å²) in [5.41, 5.74) is 0. The Hall–Kier alpha value is -0.800. The van der Waals surface area contributed by atoms with Crippen LogP contribution in [-0.4, -0.2) is 31.1 Å². The molecule has 0 spiro atoms. The summed E-state index contributed by atoms with van der Waals surface area (Å²) < 4.78 is 5.41. The van der Waals surface area contributed by atoms with Gasteiger partial charge in [0.1, 0.15) is 5.76 Å². The third-order valence-corrected chi connectivity index (χ3v) is 4.42. The van der Waals surface area contributed by atoms with Crippen LogP contribution in [0.1, 0.15) is 51.3 Å². The van der Waals surface area contributed by atoms with Crippen LogP contribution in [0.25, 0.3) is 0 Å². The lowest BCUT2D eigenvalue weighted by Crippen LogP contribution is -2.39. The molecule has 3 atom stereocenters. The highest BCUT2D eigenvalue weighted by molar-refractivity contribution is 5.02. The monoisotopic (exact) mass is 264 g/mol. The van der Waals surface area contributed by atoms with E-state index in [1.165, 1.54) is 25.7 Å². The zero-order valence-corrected chi connectivity index (χ0v) is 12.6. The number of hydrogen-bond acceptors (Lipinski definition) is 3. The Morgan fingerprint density at radius 3 is 3.00 bits per heavy atom. The maximum atomic E-state index is 5.41. The summed E-state index contributed by atoms with van der Waals surface area (Å²) >= 11 is 0. The van der Waals surface area contributed by atoms with E-state index in [0.717, 1.165) is 30.8 Å². The number of nitrogens with zero attached hydrogens (tertiary/aromatic N) is 1. The van der Waals surface area contributed by atoms with Gasteiger partial charge in [0, 0.05) is 19.1 Å². The molecule has 1 heterocycles. The Bertz CT molecular complexity index is 350. The molecule has 0 aromatic carbocycles. The van der Waals surface area contributed by atoms with Gasteiger partial charge < -0.3 is 14.6 Å². The van der Waals surface area contributed by atoms with Gasteiger partial charge in [-0.1, -0.05) is 19.8 Å². The van der Waals surface area contributed by atoms with Gasteiger partial charge in [-0.2, -0.15) is 0 Å². The van der Waals surface area contributed by atoms with Crippen molar-refractivity contribution in [3.05, 3.63) is 24.2 Å². The Kier molecular flexibility index (Phi) is 5.46. The van der Waals surface area contributed by atoms with Crippen molar-refractivity contribution in [2.45, 2.75) is 51.6 Å². The maximum Gasteiger partial charge on any atom is 0.120 e. The predicted octanol–water partition coefficient (Wildman–Crippen LogP) is 3.44. The standard InChI is InChI=1S/C16H28N2O/c1-13-6-4-7-15(12-13)18(3)10-9-17-14(2)16-8-5-11-19-16/h5,8,11,13-15,17H,4,6-7,9-10,12H2,1-3H3. The van der Waals surface area contributed by atoms with Crippen LogP contribution in [0, 0.1) is 5.92 Å². The molecule has 1 aliphatic carbocycles. The van der Waals surface area contributed by atoms with Gasteiger partial charge in [-0.3, -0.25) is 0 Å². The minimum atomic E-state index is 0.300. The van der Waals surface area contributed by atoms with Gasteiger partial charge in [-0.25, -0.2) is 0 Å². The average Bonchev–Trinajstić information content (AvgIpc) is 2.92. The molecular formula is C16H28N2O. The number of likely N-dealkylation sites (N-methyl/N-ethyl adjacent to an activating group) is 1. The third-order valence-electron chi connectivity index (χ3n) is 4.42. The molecule has 3 heteroatoms. The number of furan rings is 1. The highest BCUT2D eigenvalue weighted by Crippen LogP contribution is 2.26. The van der Waals surface area contributed by atoms with Crippen molar-refractivity contribution in [2.75, 3.05) is 20.1 Å². The number of hydrogen-bond donors (Lipinski definition) is 1. The van der Waals surface area contributed by atoms with Crippen LogP contribution in [0.5, 0.6) is 0 Å². The van der Waals surface area contributed by atoms with E-state index in [1.807, 2.05) is 12.1 Å². The first-order valence-electron chi connectivity index (χ1n) is 7.64. The van der Waals surface area contributed by atoms with Gasteiger partial charge in [0.05, 0.1) is 12.3 Å². The zero-order chi connectivity index (χ0) is 13.7. The van der Waals surface area contributed by atoms with Crippen molar-refractivity contribution >= 4 is 0 Å². The van der Waals surface area contributed by atoms with E-state index >= 15 is 0 Å². The molecule has 0 amide bonds. The first kappa shape index (κ1) is 14.6. The molecule has 19 heavy (non-hydrogen) atoms. The van der Waals surface area contributed by atoms with E-state index in [4.69, 9.17) is 4.42 Å². The van der Waals surface area contributed by atoms with Crippen LogP contribution in [0.15, 0.2) is 22.8 Å². The highest BCUT2D eigenvalue weighted by Gasteiger charge is 2.22. The summed E-state index contributed by atoms with van der Waals surface area (Å²) in [6.07, 6.45) is 7.28. The van der Waals surface area contributed by atoms with Crippen molar-refractivity contribution in [3.63, 3.8) is 0 Å². The number of rotatable bonds is 6. The minimum absolute atomic E-state index is 0.300. The van der Waals surface area contributed by atoms with Gasteiger partial charge in [0.25, 0.3) is 0 Å². The Labute approximate surface area is 117 Å². The van der Waals surface area contributed by atoms with E-state index in [2.05, 4.69) is 31.1 Å². The second-order valence-corrected chi connectivity index (χ2v) is 6.10. The molecule has 0 aliphatic heterocycles. The van der Waals surface area contributed by atoms with Crippen molar-refractivity contribution in [2.24, 2.45) is 5.92 Å². The summed E-state index contributed by atoms with van der Waals surface area (Å²) in [5, 5.41) is 3.53. The van der Waals surface area contributed by atoms with E-state index in [0.29, 0.717) is 6.04 Å². The lowest BCUT2D eigenvalue weighted by atomic mass is 9.86. The maximum absolute atomic E-state index is 5.41. The van der Waals surface area contributed by atoms with Crippen molar-refractivity contribution < 1.29 is 4.42 Å². The van der Waals surface area contributed by atoms with Crippen molar-refractivity contribution in [3.8, 4) is 0 Å².